The van der Waals surface area contributed by atoms with E-state index < -0.39 is 0 Å². The molecule has 1 saturated heterocycles. The molecular formula is C16H27N3O. The number of nitrogens with zero attached hydrogens (tertiary/aromatic N) is 2. The van der Waals surface area contributed by atoms with Gasteiger partial charge in [-0.3, -0.25) is 9.69 Å². The van der Waals surface area contributed by atoms with E-state index in [0.29, 0.717) is 18.5 Å². The highest BCUT2D eigenvalue weighted by Gasteiger charge is 2.35. The van der Waals surface area contributed by atoms with Crippen molar-refractivity contribution in [1.29, 1.82) is 0 Å². The maximum atomic E-state index is 12.7. The van der Waals surface area contributed by atoms with Crippen LogP contribution in [0.1, 0.15) is 44.9 Å². The molecule has 1 N–H and O–H groups in total. The molecule has 0 radical (unpaired) electrons. The normalized spacial score (nSPS) is 24.9. The Balaban J connectivity index is 1.61. The molecule has 0 aromatic carbocycles. The SMILES string of the molecule is O=C(CN1CCCNCC1)N(C1=CCCCC1)C1CC1. The van der Waals surface area contributed by atoms with Crippen LogP contribution >= 0.6 is 0 Å². The number of rotatable bonds is 4. The van der Waals surface area contributed by atoms with Gasteiger partial charge < -0.3 is 10.2 Å². The smallest absolute Gasteiger partial charge is 0.241 e. The third kappa shape index (κ3) is 3.61. The van der Waals surface area contributed by atoms with Crippen molar-refractivity contribution in [3.63, 3.8) is 0 Å². The first-order valence-electron chi connectivity index (χ1n) is 8.29. The second-order valence-corrected chi connectivity index (χ2v) is 6.32. The van der Waals surface area contributed by atoms with Gasteiger partial charge in [0.2, 0.25) is 5.91 Å². The number of nitrogens with one attached hydrogen (secondary N) is 1. The molecule has 3 rings (SSSR count). The molecule has 4 nitrogen and oxygen atoms in total. The molecule has 20 heavy (non-hydrogen) atoms. The molecule has 0 spiro atoms. The third-order valence-electron chi connectivity index (χ3n) is 4.55. The summed E-state index contributed by atoms with van der Waals surface area (Å²) in [6.07, 6.45) is 10.6. The molecular weight excluding hydrogens is 250 g/mol. The van der Waals surface area contributed by atoms with Crippen molar-refractivity contribution >= 4 is 5.91 Å². The van der Waals surface area contributed by atoms with Crippen LogP contribution < -0.4 is 5.32 Å². The minimum Gasteiger partial charge on any atom is -0.315 e. The molecule has 1 heterocycles. The van der Waals surface area contributed by atoms with Gasteiger partial charge in [0.05, 0.1) is 6.54 Å². The van der Waals surface area contributed by atoms with Crippen LogP contribution in [-0.2, 0) is 4.79 Å². The van der Waals surface area contributed by atoms with E-state index in [4.69, 9.17) is 0 Å². The number of allylic oxidation sites excluding steroid dienone is 2. The van der Waals surface area contributed by atoms with Crippen molar-refractivity contribution in [3.8, 4) is 0 Å². The molecule has 0 aromatic heterocycles. The van der Waals surface area contributed by atoms with E-state index in [0.717, 1.165) is 45.4 Å². The molecule has 112 valence electrons. The lowest BCUT2D eigenvalue weighted by Crippen LogP contribution is -2.42. The Morgan fingerprint density at radius 1 is 1.25 bits per heavy atom. The van der Waals surface area contributed by atoms with Gasteiger partial charge >= 0.3 is 0 Å². The third-order valence-corrected chi connectivity index (χ3v) is 4.55. The maximum absolute atomic E-state index is 12.7. The number of amides is 1. The Morgan fingerprint density at radius 3 is 2.90 bits per heavy atom. The molecule has 1 aliphatic heterocycles. The lowest BCUT2D eigenvalue weighted by Gasteiger charge is -2.30. The van der Waals surface area contributed by atoms with E-state index in [1.807, 2.05) is 0 Å². The van der Waals surface area contributed by atoms with Crippen molar-refractivity contribution in [3.05, 3.63) is 11.8 Å². The Labute approximate surface area is 122 Å². The van der Waals surface area contributed by atoms with Gasteiger partial charge in [-0.1, -0.05) is 6.08 Å². The highest BCUT2D eigenvalue weighted by Crippen LogP contribution is 2.33. The Kier molecular flexibility index (Phi) is 4.73. The average Bonchev–Trinajstić information content (AvgIpc) is 3.28. The molecule has 0 atom stereocenters. The molecule has 3 aliphatic rings. The molecule has 2 fully saturated rings. The summed E-state index contributed by atoms with van der Waals surface area (Å²) < 4.78 is 0. The van der Waals surface area contributed by atoms with Gasteiger partial charge in [-0.05, 0) is 58.0 Å². The highest BCUT2D eigenvalue weighted by molar-refractivity contribution is 5.80. The van der Waals surface area contributed by atoms with E-state index in [-0.39, 0.29) is 0 Å². The first kappa shape index (κ1) is 14.1. The van der Waals surface area contributed by atoms with Gasteiger partial charge in [0.25, 0.3) is 0 Å². The lowest BCUT2D eigenvalue weighted by atomic mass is 10.0. The summed E-state index contributed by atoms with van der Waals surface area (Å²) in [6, 6.07) is 0.511. The first-order valence-corrected chi connectivity index (χ1v) is 8.29. The van der Waals surface area contributed by atoms with Gasteiger partial charge in [-0.2, -0.15) is 0 Å². The molecule has 0 aromatic rings. The molecule has 2 aliphatic carbocycles. The minimum atomic E-state index is 0.336. The van der Waals surface area contributed by atoms with Crippen molar-refractivity contribution in [2.75, 3.05) is 32.7 Å². The maximum Gasteiger partial charge on any atom is 0.241 e. The van der Waals surface area contributed by atoms with Gasteiger partial charge in [0.1, 0.15) is 0 Å². The molecule has 4 heteroatoms. The zero-order valence-electron chi connectivity index (χ0n) is 12.4. The fourth-order valence-electron chi connectivity index (χ4n) is 3.30. The van der Waals surface area contributed by atoms with E-state index >= 15 is 0 Å². The summed E-state index contributed by atoms with van der Waals surface area (Å²) in [5.41, 5.74) is 1.32. The minimum absolute atomic E-state index is 0.336. The largest absolute Gasteiger partial charge is 0.315 e. The Morgan fingerprint density at radius 2 is 2.15 bits per heavy atom. The number of hydrogen-bond acceptors (Lipinski definition) is 3. The van der Waals surface area contributed by atoms with Crippen LogP contribution in [0.15, 0.2) is 11.8 Å². The van der Waals surface area contributed by atoms with Crippen LogP contribution in [-0.4, -0.2) is 54.5 Å². The van der Waals surface area contributed by atoms with E-state index in [1.54, 1.807) is 0 Å². The summed E-state index contributed by atoms with van der Waals surface area (Å²) in [6.45, 7) is 4.76. The van der Waals surface area contributed by atoms with Gasteiger partial charge in [0, 0.05) is 24.8 Å². The van der Waals surface area contributed by atoms with Crippen LogP contribution in [0.5, 0.6) is 0 Å². The quantitative estimate of drug-likeness (QED) is 0.850. The zero-order valence-corrected chi connectivity index (χ0v) is 12.4. The van der Waals surface area contributed by atoms with Gasteiger partial charge in [-0.15, -0.1) is 0 Å². The fraction of sp³-hybridized carbons (Fsp3) is 0.812. The number of carbonyl (C=O) groups is 1. The number of hydrogen-bond donors (Lipinski definition) is 1. The monoisotopic (exact) mass is 277 g/mol. The van der Waals surface area contributed by atoms with Crippen LogP contribution in [0.4, 0.5) is 0 Å². The van der Waals surface area contributed by atoms with Crippen LogP contribution in [0.2, 0.25) is 0 Å². The summed E-state index contributed by atoms with van der Waals surface area (Å²) >= 11 is 0. The first-order chi connectivity index (χ1) is 9.84. The van der Waals surface area contributed by atoms with E-state index in [2.05, 4.69) is 21.2 Å². The second kappa shape index (κ2) is 6.72. The van der Waals surface area contributed by atoms with Crippen molar-refractivity contribution in [1.82, 2.24) is 15.1 Å². The summed E-state index contributed by atoms with van der Waals surface area (Å²) in [4.78, 5) is 17.2. The van der Waals surface area contributed by atoms with Crippen LogP contribution in [0, 0.1) is 0 Å². The molecule has 0 unspecified atom stereocenters. The molecule has 1 saturated carbocycles. The topological polar surface area (TPSA) is 35.6 Å². The fourth-order valence-corrected chi connectivity index (χ4v) is 3.30. The molecule has 0 bridgehead atoms. The van der Waals surface area contributed by atoms with E-state index in [1.165, 1.54) is 31.4 Å². The van der Waals surface area contributed by atoms with Crippen molar-refractivity contribution in [2.24, 2.45) is 0 Å². The Hall–Kier alpha value is -0.870. The Bertz CT molecular complexity index is 368. The van der Waals surface area contributed by atoms with Crippen molar-refractivity contribution in [2.45, 2.75) is 51.0 Å². The standard InChI is InChI=1S/C16H27N3O/c20-16(13-18-11-4-9-17-10-12-18)19(15-7-8-15)14-5-2-1-3-6-14/h5,15,17H,1-4,6-13H2. The highest BCUT2D eigenvalue weighted by atomic mass is 16.2. The predicted octanol–water partition coefficient (Wildman–Crippen LogP) is 1.73. The number of carbonyl (C=O) groups excluding carboxylic acids is 1. The van der Waals surface area contributed by atoms with Crippen LogP contribution in [0.3, 0.4) is 0 Å². The predicted molar refractivity (Wildman–Crippen MR) is 80.3 cm³/mol. The van der Waals surface area contributed by atoms with Gasteiger partial charge in [-0.25, -0.2) is 0 Å². The zero-order chi connectivity index (χ0) is 13.8. The average molecular weight is 277 g/mol. The van der Waals surface area contributed by atoms with E-state index in [9.17, 15) is 4.79 Å². The summed E-state index contributed by atoms with van der Waals surface area (Å²) in [5, 5.41) is 3.40. The summed E-state index contributed by atoms with van der Waals surface area (Å²) in [5.74, 6) is 0.336. The van der Waals surface area contributed by atoms with Crippen LogP contribution in [0.25, 0.3) is 0 Å². The van der Waals surface area contributed by atoms with Gasteiger partial charge in [0.15, 0.2) is 0 Å². The second-order valence-electron chi connectivity index (χ2n) is 6.32. The van der Waals surface area contributed by atoms with Crippen molar-refractivity contribution < 1.29 is 4.79 Å². The molecule has 1 amide bonds. The summed E-state index contributed by atoms with van der Waals surface area (Å²) in [7, 11) is 0. The lowest BCUT2D eigenvalue weighted by molar-refractivity contribution is -0.131.